The molecule has 4 heteroatoms. The smallest absolute Gasteiger partial charge is 0.128 e. The molecule has 2 rings (SSSR count). The van der Waals surface area contributed by atoms with Gasteiger partial charge in [-0.15, -0.1) is 0 Å². The Balaban J connectivity index is 2.39. The van der Waals surface area contributed by atoms with E-state index >= 15 is 0 Å². The Labute approximate surface area is 88.6 Å². The normalized spacial score (nSPS) is 25.0. The molecule has 0 saturated carbocycles. The van der Waals surface area contributed by atoms with Crippen LogP contribution >= 0.6 is 0 Å². The van der Waals surface area contributed by atoms with Crippen molar-refractivity contribution in [2.75, 3.05) is 13.7 Å². The summed E-state index contributed by atoms with van der Waals surface area (Å²) < 4.78 is 10.6. The second kappa shape index (κ2) is 4.08. The Morgan fingerprint density at radius 1 is 1.53 bits per heavy atom. The predicted molar refractivity (Wildman–Crippen MR) is 56.0 cm³/mol. The summed E-state index contributed by atoms with van der Waals surface area (Å²) in [7, 11) is 1.60. The summed E-state index contributed by atoms with van der Waals surface area (Å²) in [5.41, 5.74) is 6.54. The van der Waals surface area contributed by atoms with Gasteiger partial charge in [0, 0.05) is 17.7 Å². The van der Waals surface area contributed by atoms with Crippen LogP contribution in [0.15, 0.2) is 18.2 Å². The third kappa shape index (κ3) is 1.91. The second-order valence-corrected chi connectivity index (χ2v) is 3.65. The lowest BCUT2D eigenvalue weighted by Gasteiger charge is -2.16. The van der Waals surface area contributed by atoms with Gasteiger partial charge in [-0.25, -0.2) is 0 Å². The fourth-order valence-corrected chi connectivity index (χ4v) is 1.70. The molecule has 0 aliphatic carbocycles. The average molecular weight is 209 g/mol. The highest BCUT2D eigenvalue weighted by molar-refractivity contribution is 5.43. The molecule has 0 aromatic heterocycles. The molecule has 15 heavy (non-hydrogen) atoms. The van der Waals surface area contributed by atoms with Crippen molar-refractivity contribution >= 4 is 0 Å². The maximum Gasteiger partial charge on any atom is 0.128 e. The monoisotopic (exact) mass is 209 g/mol. The third-order valence-corrected chi connectivity index (χ3v) is 2.65. The highest BCUT2D eigenvalue weighted by Gasteiger charge is 2.24. The molecule has 1 aromatic rings. The summed E-state index contributed by atoms with van der Waals surface area (Å²) in [4.78, 5) is 0. The molecule has 0 radical (unpaired) electrons. The zero-order chi connectivity index (χ0) is 10.8. The Bertz CT molecular complexity index is 354. The van der Waals surface area contributed by atoms with E-state index in [1.807, 2.05) is 0 Å². The van der Waals surface area contributed by atoms with Crippen molar-refractivity contribution in [1.29, 1.82) is 0 Å². The second-order valence-electron chi connectivity index (χ2n) is 3.65. The fourth-order valence-electron chi connectivity index (χ4n) is 1.70. The lowest BCUT2D eigenvalue weighted by Crippen LogP contribution is -2.28. The van der Waals surface area contributed by atoms with Gasteiger partial charge in [-0.3, -0.25) is 0 Å². The largest absolute Gasteiger partial charge is 0.497 e. The third-order valence-electron chi connectivity index (χ3n) is 2.65. The van der Waals surface area contributed by atoms with Crippen LogP contribution in [0.25, 0.3) is 0 Å². The van der Waals surface area contributed by atoms with Gasteiger partial charge in [0.2, 0.25) is 0 Å². The van der Waals surface area contributed by atoms with Gasteiger partial charge in [0.25, 0.3) is 0 Å². The van der Waals surface area contributed by atoms with Gasteiger partial charge < -0.3 is 20.3 Å². The standard InChI is InChI=1S/C11H15NO3/c1-14-7-2-3-8-10(6-7)15-5-4-9(12)11(8)13/h2-3,6,9,11,13H,4-5,12H2,1H3. The van der Waals surface area contributed by atoms with Gasteiger partial charge >= 0.3 is 0 Å². The van der Waals surface area contributed by atoms with Crippen LogP contribution in [0.1, 0.15) is 18.1 Å². The highest BCUT2D eigenvalue weighted by atomic mass is 16.5. The van der Waals surface area contributed by atoms with Crippen molar-refractivity contribution in [2.24, 2.45) is 5.73 Å². The molecule has 2 unspecified atom stereocenters. The Morgan fingerprint density at radius 2 is 2.33 bits per heavy atom. The SMILES string of the molecule is COc1ccc2c(c1)OCCC(N)C2O. The number of ether oxygens (including phenoxy) is 2. The highest BCUT2D eigenvalue weighted by Crippen LogP contribution is 2.33. The van der Waals surface area contributed by atoms with Crippen LogP contribution in [0, 0.1) is 0 Å². The molecule has 0 amide bonds. The summed E-state index contributed by atoms with van der Waals surface area (Å²) in [6.07, 6.45) is -0.00793. The number of hydrogen-bond acceptors (Lipinski definition) is 4. The van der Waals surface area contributed by atoms with E-state index in [0.717, 1.165) is 11.3 Å². The number of methoxy groups -OCH3 is 1. The van der Waals surface area contributed by atoms with E-state index in [-0.39, 0.29) is 6.04 Å². The van der Waals surface area contributed by atoms with E-state index in [1.54, 1.807) is 25.3 Å². The van der Waals surface area contributed by atoms with E-state index in [1.165, 1.54) is 0 Å². The summed E-state index contributed by atoms with van der Waals surface area (Å²) in [5, 5.41) is 9.93. The Kier molecular flexibility index (Phi) is 2.79. The van der Waals surface area contributed by atoms with Gasteiger partial charge in [-0.2, -0.15) is 0 Å². The summed E-state index contributed by atoms with van der Waals surface area (Å²) in [6.45, 7) is 0.526. The van der Waals surface area contributed by atoms with Gasteiger partial charge in [0.1, 0.15) is 11.5 Å². The lowest BCUT2D eigenvalue weighted by molar-refractivity contribution is 0.145. The zero-order valence-electron chi connectivity index (χ0n) is 8.64. The van der Waals surface area contributed by atoms with E-state index in [0.29, 0.717) is 18.8 Å². The first-order valence-electron chi connectivity index (χ1n) is 4.96. The van der Waals surface area contributed by atoms with Gasteiger partial charge in [0.05, 0.1) is 19.8 Å². The molecular weight excluding hydrogens is 194 g/mol. The Hall–Kier alpha value is -1.26. The molecule has 3 N–H and O–H groups in total. The predicted octanol–water partition coefficient (Wildman–Crippen LogP) is 0.838. The molecule has 1 aromatic carbocycles. The zero-order valence-corrected chi connectivity index (χ0v) is 8.64. The van der Waals surface area contributed by atoms with Crippen LogP contribution < -0.4 is 15.2 Å². The summed E-state index contributed by atoms with van der Waals surface area (Å²) in [5.74, 6) is 1.38. The molecule has 0 saturated heterocycles. The van der Waals surface area contributed by atoms with E-state index in [2.05, 4.69) is 0 Å². The molecule has 82 valence electrons. The number of rotatable bonds is 1. The molecule has 4 nitrogen and oxygen atoms in total. The number of nitrogens with two attached hydrogens (primary N) is 1. The van der Waals surface area contributed by atoms with Crippen LogP contribution in [0.2, 0.25) is 0 Å². The fraction of sp³-hybridized carbons (Fsp3) is 0.455. The van der Waals surface area contributed by atoms with Crippen LogP contribution in [-0.2, 0) is 0 Å². The number of aliphatic hydroxyl groups excluding tert-OH is 1. The van der Waals surface area contributed by atoms with Crippen LogP contribution in [-0.4, -0.2) is 24.9 Å². The maximum atomic E-state index is 9.93. The molecule has 0 fully saturated rings. The van der Waals surface area contributed by atoms with Crippen molar-refractivity contribution < 1.29 is 14.6 Å². The van der Waals surface area contributed by atoms with E-state index in [4.69, 9.17) is 15.2 Å². The topological polar surface area (TPSA) is 64.7 Å². The molecule has 1 aliphatic rings. The number of aliphatic hydroxyl groups is 1. The van der Waals surface area contributed by atoms with Gasteiger partial charge in [0.15, 0.2) is 0 Å². The van der Waals surface area contributed by atoms with Gasteiger partial charge in [-0.1, -0.05) is 0 Å². The Morgan fingerprint density at radius 3 is 3.07 bits per heavy atom. The van der Waals surface area contributed by atoms with Crippen LogP contribution in [0.4, 0.5) is 0 Å². The molecule has 1 aliphatic heterocycles. The van der Waals surface area contributed by atoms with Crippen molar-refractivity contribution in [3.05, 3.63) is 23.8 Å². The first-order valence-corrected chi connectivity index (χ1v) is 4.96. The maximum absolute atomic E-state index is 9.93. The van der Waals surface area contributed by atoms with E-state index < -0.39 is 6.10 Å². The molecule has 2 atom stereocenters. The first kappa shape index (κ1) is 10.3. The van der Waals surface area contributed by atoms with Crippen molar-refractivity contribution in [3.63, 3.8) is 0 Å². The number of fused-ring (bicyclic) bond motifs is 1. The number of benzene rings is 1. The van der Waals surface area contributed by atoms with E-state index in [9.17, 15) is 5.11 Å². The lowest BCUT2D eigenvalue weighted by atomic mass is 10.0. The minimum atomic E-state index is -0.659. The minimum absolute atomic E-state index is 0.264. The van der Waals surface area contributed by atoms with Crippen LogP contribution in [0.5, 0.6) is 11.5 Å². The molecular formula is C11H15NO3. The molecule has 1 heterocycles. The van der Waals surface area contributed by atoms with Crippen molar-refractivity contribution in [3.8, 4) is 11.5 Å². The summed E-state index contributed by atoms with van der Waals surface area (Å²) >= 11 is 0. The van der Waals surface area contributed by atoms with Crippen molar-refractivity contribution in [2.45, 2.75) is 18.6 Å². The average Bonchev–Trinajstić information content (AvgIpc) is 2.40. The summed E-state index contributed by atoms with van der Waals surface area (Å²) in [6, 6.07) is 5.10. The van der Waals surface area contributed by atoms with Crippen LogP contribution in [0.3, 0.4) is 0 Å². The first-order chi connectivity index (χ1) is 7.22. The minimum Gasteiger partial charge on any atom is -0.497 e. The number of hydrogen-bond donors (Lipinski definition) is 2. The van der Waals surface area contributed by atoms with Gasteiger partial charge in [-0.05, 0) is 18.6 Å². The quantitative estimate of drug-likeness (QED) is 0.719. The molecule has 0 bridgehead atoms. The molecule has 0 spiro atoms. The van der Waals surface area contributed by atoms with Crippen molar-refractivity contribution in [1.82, 2.24) is 0 Å².